The molecule has 0 spiro atoms. The quantitative estimate of drug-likeness (QED) is 0.660. The predicted octanol–water partition coefficient (Wildman–Crippen LogP) is 3.15. The van der Waals surface area contributed by atoms with Gasteiger partial charge in [-0.2, -0.15) is 5.10 Å². The van der Waals surface area contributed by atoms with Crippen molar-refractivity contribution in [3.05, 3.63) is 54.1 Å². The Morgan fingerprint density at radius 3 is 2.37 bits per heavy atom. The minimum atomic E-state index is 0.686. The third-order valence-corrected chi connectivity index (χ3v) is 2.59. The molecular formula is C15H16N2O2. The van der Waals surface area contributed by atoms with Gasteiger partial charge in [-0.3, -0.25) is 5.43 Å². The van der Waals surface area contributed by atoms with Gasteiger partial charge in [-0.05, 0) is 35.9 Å². The Balaban J connectivity index is 2.07. The number of nitrogens with one attached hydrogen (secondary N) is 1. The number of hydrogen-bond acceptors (Lipinski definition) is 4. The average molecular weight is 256 g/mol. The maximum absolute atomic E-state index is 5.23. The fraction of sp³-hybridized carbons (Fsp3) is 0.133. The van der Waals surface area contributed by atoms with Crippen LogP contribution in [0.4, 0.5) is 5.69 Å². The van der Waals surface area contributed by atoms with Crippen LogP contribution in [0.1, 0.15) is 5.56 Å². The largest absolute Gasteiger partial charge is 0.493 e. The number of methoxy groups -OCH3 is 2. The van der Waals surface area contributed by atoms with E-state index in [1.54, 1.807) is 20.4 Å². The van der Waals surface area contributed by atoms with E-state index in [1.165, 1.54) is 0 Å². The third kappa shape index (κ3) is 3.48. The molecular weight excluding hydrogens is 240 g/mol. The van der Waals surface area contributed by atoms with Gasteiger partial charge >= 0.3 is 0 Å². The zero-order chi connectivity index (χ0) is 13.5. The van der Waals surface area contributed by atoms with E-state index < -0.39 is 0 Å². The van der Waals surface area contributed by atoms with Crippen molar-refractivity contribution < 1.29 is 9.47 Å². The summed E-state index contributed by atoms with van der Waals surface area (Å²) in [7, 11) is 3.23. The summed E-state index contributed by atoms with van der Waals surface area (Å²) in [6, 6.07) is 15.4. The Labute approximate surface area is 112 Å². The molecule has 1 N–H and O–H groups in total. The minimum Gasteiger partial charge on any atom is -0.493 e. The van der Waals surface area contributed by atoms with Gasteiger partial charge in [0.25, 0.3) is 0 Å². The summed E-state index contributed by atoms with van der Waals surface area (Å²) in [6.07, 6.45) is 1.73. The Bertz CT molecular complexity index is 553. The van der Waals surface area contributed by atoms with Crippen LogP contribution in [-0.2, 0) is 0 Å². The fourth-order valence-electron chi connectivity index (χ4n) is 1.63. The molecule has 0 atom stereocenters. The Morgan fingerprint density at radius 1 is 0.947 bits per heavy atom. The number of benzene rings is 2. The summed E-state index contributed by atoms with van der Waals surface area (Å²) in [4.78, 5) is 0. The molecule has 2 rings (SSSR count). The van der Waals surface area contributed by atoms with Crippen LogP contribution in [0.25, 0.3) is 0 Å². The van der Waals surface area contributed by atoms with E-state index in [0.29, 0.717) is 11.5 Å². The second kappa shape index (κ2) is 6.44. The SMILES string of the molecule is COc1ccc(/C=N/Nc2ccccc2)cc1OC. The standard InChI is InChI=1S/C15H16N2O2/c1-18-14-9-8-12(10-15(14)19-2)11-16-17-13-6-4-3-5-7-13/h3-11,17H,1-2H3/b16-11+. The van der Waals surface area contributed by atoms with Gasteiger partial charge in [0.1, 0.15) is 0 Å². The van der Waals surface area contributed by atoms with E-state index in [2.05, 4.69) is 10.5 Å². The van der Waals surface area contributed by atoms with Gasteiger partial charge in [0, 0.05) is 0 Å². The lowest BCUT2D eigenvalue weighted by Crippen LogP contribution is -1.93. The zero-order valence-electron chi connectivity index (χ0n) is 11.0. The van der Waals surface area contributed by atoms with Gasteiger partial charge in [0.05, 0.1) is 26.1 Å². The molecule has 0 aliphatic heterocycles. The van der Waals surface area contributed by atoms with Crippen molar-refractivity contribution in [1.82, 2.24) is 0 Å². The Morgan fingerprint density at radius 2 is 1.68 bits per heavy atom. The predicted molar refractivity (Wildman–Crippen MR) is 77.2 cm³/mol. The molecule has 0 bridgehead atoms. The van der Waals surface area contributed by atoms with Crippen molar-refractivity contribution in [2.75, 3.05) is 19.6 Å². The van der Waals surface area contributed by atoms with Crippen molar-refractivity contribution in [1.29, 1.82) is 0 Å². The molecule has 2 aromatic rings. The summed E-state index contributed by atoms with van der Waals surface area (Å²) in [6.45, 7) is 0. The van der Waals surface area contributed by atoms with Gasteiger partial charge in [-0.15, -0.1) is 0 Å². The second-order valence-electron chi connectivity index (χ2n) is 3.85. The maximum Gasteiger partial charge on any atom is 0.161 e. The molecule has 4 nitrogen and oxygen atoms in total. The molecule has 2 aromatic carbocycles. The van der Waals surface area contributed by atoms with E-state index in [9.17, 15) is 0 Å². The number of rotatable bonds is 5. The molecule has 0 saturated heterocycles. The van der Waals surface area contributed by atoms with Gasteiger partial charge in [0.15, 0.2) is 11.5 Å². The van der Waals surface area contributed by atoms with Crippen LogP contribution >= 0.6 is 0 Å². The second-order valence-corrected chi connectivity index (χ2v) is 3.85. The highest BCUT2D eigenvalue weighted by molar-refractivity contribution is 5.81. The first-order chi connectivity index (χ1) is 9.33. The molecule has 4 heteroatoms. The van der Waals surface area contributed by atoms with E-state index in [-0.39, 0.29) is 0 Å². The summed E-state index contributed by atoms with van der Waals surface area (Å²) < 4.78 is 10.4. The van der Waals surface area contributed by atoms with Crippen molar-refractivity contribution in [2.45, 2.75) is 0 Å². The number of hydrazone groups is 1. The molecule has 0 aliphatic carbocycles. The number of anilines is 1. The average Bonchev–Trinajstić information content (AvgIpc) is 2.48. The third-order valence-electron chi connectivity index (χ3n) is 2.59. The number of hydrogen-bond donors (Lipinski definition) is 1. The first-order valence-corrected chi connectivity index (χ1v) is 5.89. The monoisotopic (exact) mass is 256 g/mol. The maximum atomic E-state index is 5.23. The smallest absolute Gasteiger partial charge is 0.161 e. The summed E-state index contributed by atoms with van der Waals surface area (Å²) in [5.74, 6) is 1.39. The molecule has 0 fully saturated rings. The Hall–Kier alpha value is -2.49. The molecule has 98 valence electrons. The molecule has 0 amide bonds. The molecule has 0 aliphatic rings. The summed E-state index contributed by atoms with van der Waals surface area (Å²) in [5, 5.41) is 4.17. The number of nitrogens with zero attached hydrogens (tertiary/aromatic N) is 1. The highest BCUT2D eigenvalue weighted by atomic mass is 16.5. The van der Waals surface area contributed by atoms with Crippen LogP contribution in [0.5, 0.6) is 11.5 Å². The van der Waals surface area contributed by atoms with Crippen LogP contribution in [0.2, 0.25) is 0 Å². The highest BCUT2D eigenvalue weighted by Crippen LogP contribution is 2.26. The molecule has 0 aromatic heterocycles. The van der Waals surface area contributed by atoms with E-state index >= 15 is 0 Å². The molecule has 19 heavy (non-hydrogen) atoms. The number of para-hydroxylation sites is 1. The van der Waals surface area contributed by atoms with E-state index in [1.807, 2.05) is 48.5 Å². The number of ether oxygens (including phenoxy) is 2. The molecule has 0 unspecified atom stereocenters. The first kappa shape index (κ1) is 13.0. The van der Waals surface area contributed by atoms with Crippen molar-refractivity contribution in [3.8, 4) is 11.5 Å². The van der Waals surface area contributed by atoms with Crippen LogP contribution in [0, 0.1) is 0 Å². The van der Waals surface area contributed by atoms with E-state index in [0.717, 1.165) is 11.3 Å². The van der Waals surface area contributed by atoms with Crippen LogP contribution in [0.3, 0.4) is 0 Å². The van der Waals surface area contributed by atoms with Crippen molar-refractivity contribution in [2.24, 2.45) is 5.10 Å². The topological polar surface area (TPSA) is 42.8 Å². The van der Waals surface area contributed by atoms with Crippen molar-refractivity contribution >= 4 is 11.9 Å². The first-order valence-electron chi connectivity index (χ1n) is 5.89. The van der Waals surface area contributed by atoms with Crippen LogP contribution < -0.4 is 14.9 Å². The van der Waals surface area contributed by atoms with Gasteiger partial charge in [0.2, 0.25) is 0 Å². The van der Waals surface area contributed by atoms with Gasteiger partial charge in [-0.25, -0.2) is 0 Å². The zero-order valence-corrected chi connectivity index (χ0v) is 11.0. The normalized spacial score (nSPS) is 10.4. The molecule has 0 heterocycles. The van der Waals surface area contributed by atoms with Gasteiger partial charge < -0.3 is 9.47 Å². The molecule has 0 radical (unpaired) electrons. The van der Waals surface area contributed by atoms with Gasteiger partial charge in [-0.1, -0.05) is 18.2 Å². The summed E-state index contributed by atoms with van der Waals surface area (Å²) >= 11 is 0. The van der Waals surface area contributed by atoms with Crippen LogP contribution in [0.15, 0.2) is 53.6 Å². The lowest BCUT2D eigenvalue weighted by atomic mass is 10.2. The summed E-state index contributed by atoms with van der Waals surface area (Å²) in [5.41, 5.74) is 4.83. The van der Waals surface area contributed by atoms with E-state index in [4.69, 9.17) is 9.47 Å². The molecule has 0 saturated carbocycles. The van der Waals surface area contributed by atoms with Crippen LogP contribution in [-0.4, -0.2) is 20.4 Å². The highest BCUT2D eigenvalue weighted by Gasteiger charge is 2.02. The Kier molecular flexibility index (Phi) is 4.39. The minimum absolute atomic E-state index is 0.686. The lowest BCUT2D eigenvalue weighted by molar-refractivity contribution is 0.355. The lowest BCUT2D eigenvalue weighted by Gasteiger charge is -2.07. The fourth-order valence-corrected chi connectivity index (χ4v) is 1.63. The van der Waals surface area contributed by atoms with Crippen molar-refractivity contribution in [3.63, 3.8) is 0 Å².